The molecule has 0 bridgehead atoms. The summed E-state index contributed by atoms with van der Waals surface area (Å²) in [7, 11) is 1.54. The second-order valence-corrected chi connectivity index (χ2v) is 5.92. The number of methoxy groups -OCH3 is 1. The van der Waals surface area contributed by atoms with E-state index in [1.165, 1.54) is 0 Å². The monoisotopic (exact) mass is 271 g/mol. The Hall–Kier alpha value is -1.10. The van der Waals surface area contributed by atoms with Crippen molar-refractivity contribution >= 4 is 11.9 Å². The first-order valence-corrected chi connectivity index (χ1v) is 6.93. The lowest BCUT2D eigenvalue weighted by Crippen LogP contribution is -2.48. The van der Waals surface area contributed by atoms with E-state index in [1.807, 2.05) is 13.8 Å². The molecule has 5 heteroatoms. The minimum atomic E-state index is -0.935. The van der Waals surface area contributed by atoms with Gasteiger partial charge in [0.2, 0.25) is 5.91 Å². The topological polar surface area (TPSA) is 75.6 Å². The number of rotatable bonds is 6. The molecule has 5 nitrogen and oxygen atoms in total. The molecule has 0 aliphatic heterocycles. The lowest BCUT2D eigenvalue weighted by molar-refractivity contribution is -0.144. The molecule has 0 aromatic rings. The number of carbonyl (C=O) groups excluding carboxylic acids is 1. The highest BCUT2D eigenvalue weighted by Crippen LogP contribution is 2.27. The summed E-state index contributed by atoms with van der Waals surface area (Å²) in [5.74, 6) is -1.14. The molecule has 1 amide bonds. The number of hydrogen-bond acceptors (Lipinski definition) is 3. The van der Waals surface area contributed by atoms with Crippen LogP contribution in [0.4, 0.5) is 0 Å². The maximum atomic E-state index is 11.9. The molecule has 1 aliphatic carbocycles. The first-order chi connectivity index (χ1) is 8.85. The van der Waals surface area contributed by atoms with Crippen molar-refractivity contribution in [2.75, 3.05) is 7.11 Å². The van der Waals surface area contributed by atoms with Gasteiger partial charge in [-0.15, -0.1) is 0 Å². The summed E-state index contributed by atoms with van der Waals surface area (Å²) in [5.41, 5.74) is -0.570. The molecule has 1 atom stereocenters. The summed E-state index contributed by atoms with van der Waals surface area (Å²) in [4.78, 5) is 23.2. The van der Waals surface area contributed by atoms with Gasteiger partial charge in [0.05, 0.1) is 12.0 Å². The fraction of sp³-hybridized carbons (Fsp3) is 0.857. The van der Waals surface area contributed by atoms with Crippen LogP contribution in [0.3, 0.4) is 0 Å². The first kappa shape index (κ1) is 16.0. The average molecular weight is 271 g/mol. The standard InChI is InChI=1S/C14H25NO4/c1-14(2,19-3)9-11(16)15-12(13(17)18)10-7-5-4-6-8-10/h10,12H,4-9H2,1-3H3,(H,15,16)(H,17,18). The highest BCUT2D eigenvalue weighted by atomic mass is 16.5. The van der Waals surface area contributed by atoms with E-state index >= 15 is 0 Å². The second kappa shape index (κ2) is 6.89. The molecule has 0 aromatic heterocycles. The molecule has 1 aliphatic rings. The molecular formula is C14H25NO4. The van der Waals surface area contributed by atoms with Gasteiger partial charge in [0.25, 0.3) is 0 Å². The van der Waals surface area contributed by atoms with E-state index < -0.39 is 17.6 Å². The zero-order chi connectivity index (χ0) is 14.5. The van der Waals surface area contributed by atoms with Crippen molar-refractivity contribution in [1.29, 1.82) is 0 Å². The Morgan fingerprint density at radius 1 is 1.32 bits per heavy atom. The number of hydrogen-bond donors (Lipinski definition) is 2. The quantitative estimate of drug-likeness (QED) is 0.774. The van der Waals surface area contributed by atoms with Gasteiger partial charge in [0.1, 0.15) is 6.04 Å². The fourth-order valence-corrected chi connectivity index (χ4v) is 2.53. The minimum Gasteiger partial charge on any atom is -0.480 e. The zero-order valence-electron chi connectivity index (χ0n) is 12.1. The Kier molecular flexibility index (Phi) is 5.79. The van der Waals surface area contributed by atoms with E-state index in [9.17, 15) is 14.7 Å². The van der Waals surface area contributed by atoms with Crippen molar-refractivity contribution in [3.63, 3.8) is 0 Å². The van der Waals surface area contributed by atoms with Gasteiger partial charge < -0.3 is 15.2 Å². The van der Waals surface area contributed by atoms with Crippen LogP contribution in [0.2, 0.25) is 0 Å². The third kappa shape index (κ3) is 5.19. The summed E-state index contributed by atoms with van der Waals surface area (Å²) < 4.78 is 5.19. The average Bonchev–Trinajstić information content (AvgIpc) is 2.36. The predicted molar refractivity (Wildman–Crippen MR) is 71.8 cm³/mol. The van der Waals surface area contributed by atoms with Gasteiger partial charge in [0, 0.05) is 7.11 Å². The number of carbonyl (C=O) groups is 2. The normalized spacial score (nSPS) is 18.9. The number of nitrogens with one attached hydrogen (secondary N) is 1. The van der Waals surface area contributed by atoms with Crippen LogP contribution in [0.5, 0.6) is 0 Å². The van der Waals surface area contributed by atoms with Crippen molar-refractivity contribution in [3.8, 4) is 0 Å². The Labute approximate surface area is 114 Å². The van der Waals surface area contributed by atoms with Crippen LogP contribution in [0.1, 0.15) is 52.4 Å². The molecule has 19 heavy (non-hydrogen) atoms. The van der Waals surface area contributed by atoms with Crippen LogP contribution in [0.15, 0.2) is 0 Å². The van der Waals surface area contributed by atoms with Gasteiger partial charge in [-0.05, 0) is 32.6 Å². The zero-order valence-corrected chi connectivity index (χ0v) is 12.1. The third-order valence-electron chi connectivity index (χ3n) is 3.84. The summed E-state index contributed by atoms with van der Waals surface area (Å²) in [5, 5.41) is 11.9. The van der Waals surface area contributed by atoms with Gasteiger partial charge in [-0.3, -0.25) is 4.79 Å². The molecule has 1 unspecified atom stereocenters. The number of aliphatic carboxylic acids is 1. The molecule has 0 radical (unpaired) electrons. The number of amides is 1. The van der Waals surface area contributed by atoms with Crippen LogP contribution in [0, 0.1) is 5.92 Å². The molecule has 0 heterocycles. The molecular weight excluding hydrogens is 246 g/mol. The SMILES string of the molecule is COC(C)(C)CC(=O)NC(C(=O)O)C1CCCCC1. The van der Waals surface area contributed by atoms with E-state index in [2.05, 4.69) is 5.32 Å². The molecule has 0 saturated heterocycles. The number of carboxylic acids is 1. The molecule has 2 N–H and O–H groups in total. The molecule has 0 spiro atoms. The molecule has 110 valence electrons. The molecule has 1 saturated carbocycles. The van der Waals surface area contributed by atoms with E-state index in [-0.39, 0.29) is 18.2 Å². The lowest BCUT2D eigenvalue weighted by Gasteiger charge is -2.29. The number of carboxylic acid groups (broad SMARTS) is 1. The molecule has 1 rings (SSSR count). The van der Waals surface area contributed by atoms with Gasteiger partial charge in [-0.1, -0.05) is 19.3 Å². The maximum absolute atomic E-state index is 11.9. The molecule has 0 aromatic carbocycles. The summed E-state index contributed by atoms with van der Waals surface area (Å²) >= 11 is 0. The van der Waals surface area contributed by atoms with Crippen LogP contribution in [-0.2, 0) is 14.3 Å². The summed E-state index contributed by atoms with van der Waals surface area (Å²) in [6, 6.07) is -0.763. The minimum absolute atomic E-state index is 0.0563. The smallest absolute Gasteiger partial charge is 0.326 e. The van der Waals surface area contributed by atoms with Crippen LogP contribution in [-0.4, -0.2) is 35.7 Å². The molecule has 1 fully saturated rings. The predicted octanol–water partition coefficient (Wildman–Crippen LogP) is 1.95. The third-order valence-corrected chi connectivity index (χ3v) is 3.84. The lowest BCUT2D eigenvalue weighted by atomic mass is 9.83. The largest absolute Gasteiger partial charge is 0.480 e. The van der Waals surface area contributed by atoms with Crippen LogP contribution >= 0.6 is 0 Å². The van der Waals surface area contributed by atoms with Crippen molar-refractivity contribution in [1.82, 2.24) is 5.32 Å². The van der Waals surface area contributed by atoms with Crippen molar-refractivity contribution < 1.29 is 19.4 Å². The van der Waals surface area contributed by atoms with Gasteiger partial charge in [0.15, 0.2) is 0 Å². The van der Waals surface area contributed by atoms with Crippen molar-refractivity contribution in [2.45, 2.75) is 64.0 Å². The van der Waals surface area contributed by atoms with E-state index in [0.717, 1.165) is 32.1 Å². The van der Waals surface area contributed by atoms with Crippen LogP contribution < -0.4 is 5.32 Å². The van der Waals surface area contributed by atoms with Gasteiger partial charge in [-0.25, -0.2) is 4.79 Å². The van der Waals surface area contributed by atoms with Crippen molar-refractivity contribution in [2.24, 2.45) is 5.92 Å². The highest BCUT2D eigenvalue weighted by molar-refractivity contribution is 5.84. The number of ether oxygens (including phenoxy) is 1. The Morgan fingerprint density at radius 2 is 1.89 bits per heavy atom. The Morgan fingerprint density at radius 3 is 2.37 bits per heavy atom. The fourth-order valence-electron chi connectivity index (χ4n) is 2.53. The van der Waals surface area contributed by atoms with Gasteiger partial charge >= 0.3 is 5.97 Å². The van der Waals surface area contributed by atoms with E-state index in [4.69, 9.17) is 4.74 Å². The van der Waals surface area contributed by atoms with Gasteiger partial charge in [-0.2, -0.15) is 0 Å². The second-order valence-electron chi connectivity index (χ2n) is 5.92. The Balaban J connectivity index is 2.58. The maximum Gasteiger partial charge on any atom is 0.326 e. The summed E-state index contributed by atoms with van der Waals surface area (Å²) in [6.07, 6.45) is 5.19. The summed E-state index contributed by atoms with van der Waals surface area (Å²) in [6.45, 7) is 3.62. The first-order valence-electron chi connectivity index (χ1n) is 6.93. The van der Waals surface area contributed by atoms with E-state index in [1.54, 1.807) is 7.11 Å². The Bertz CT molecular complexity index is 321. The van der Waals surface area contributed by atoms with E-state index in [0.29, 0.717) is 0 Å². The highest BCUT2D eigenvalue weighted by Gasteiger charge is 2.32. The van der Waals surface area contributed by atoms with Crippen LogP contribution in [0.25, 0.3) is 0 Å². The van der Waals surface area contributed by atoms with Crippen molar-refractivity contribution in [3.05, 3.63) is 0 Å².